The van der Waals surface area contributed by atoms with Crippen LogP contribution in [0.3, 0.4) is 0 Å². The first-order valence-electron chi connectivity index (χ1n) is 7.29. The highest BCUT2D eigenvalue weighted by molar-refractivity contribution is 5.69. The maximum absolute atomic E-state index is 13.5. The van der Waals surface area contributed by atoms with Gasteiger partial charge in [-0.15, -0.1) is 0 Å². The van der Waals surface area contributed by atoms with Crippen molar-refractivity contribution in [1.82, 2.24) is 10.6 Å². The molecule has 1 aliphatic rings. The first kappa shape index (κ1) is 15.8. The maximum Gasteiger partial charge on any atom is 0.408 e. The molecule has 116 valence electrons. The standard InChI is InChI=1S/C16H23FN2O2/c1-15(2,3)21-14(20)19-16(8-5-9-18-11-16)12-6-4-7-13(17)10-12/h4,6-7,10,18H,5,8-9,11H2,1-3H3,(H,19,20). The maximum atomic E-state index is 13.5. The van der Waals surface area contributed by atoms with E-state index >= 15 is 0 Å². The molecule has 1 saturated heterocycles. The number of hydrogen-bond acceptors (Lipinski definition) is 3. The van der Waals surface area contributed by atoms with Gasteiger partial charge in [0.05, 0.1) is 5.54 Å². The van der Waals surface area contributed by atoms with Gasteiger partial charge >= 0.3 is 6.09 Å². The molecule has 1 amide bonds. The van der Waals surface area contributed by atoms with Crippen molar-refractivity contribution in [2.24, 2.45) is 0 Å². The van der Waals surface area contributed by atoms with Crippen molar-refractivity contribution in [3.63, 3.8) is 0 Å². The summed E-state index contributed by atoms with van der Waals surface area (Å²) in [5, 5.41) is 6.21. The molecule has 0 saturated carbocycles. The number of hydrogen-bond donors (Lipinski definition) is 2. The van der Waals surface area contributed by atoms with E-state index in [1.165, 1.54) is 12.1 Å². The Kier molecular flexibility index (Phi) is 4.52. The molecule has 21 heavy (non-hydrogen) atoms. The second-order valence-electron chi connectivity index (χ2n) is 6.50. The van der Waals surface area contributed by atoms with Crippen molar-refractivity contribution in [2.75, 3.05) is 13.1 Å². The van der Waals surface area contributed by atoms with E-state index in [4.69, 9.17) is 4.74 Å². The van der Waals surface area contributed by atoms with E-state index < -0.39 is 17.2 Å². The number of carbonyl (C=O) groups excluding carboxylic acids is 1. The highest BCUT2D eigenvalue weighted by atomic mass is 19.1. The zero-order chi connectivity index (χ0) is 15.5. The van der Waals surface area contributed by atoms with E-state index in [2.05, 4.69) is 10.6 Å². The van der Waals surface area contributed by atoms with Gasteiger partial charge in [0.1, 0.15) is 11.4 Å². The number of halogens is 1. The molecule has 1 aromatic rings. The largest absolute Gasteiger partial charge is 0.444 e. The minimum Gasteiger partial charge on any atom is -0.444 e. The molecule has 0 aromatic heterocycles. The Labute approximate surface area is 125 Å². The van der Waals surface area contributed by atoms with Crippen molar-refractivity contribution in [1.29, 1.82) is 0 Å². The third-order valence-corrected chi connectivity index (χ3v) is 3.50. The first-order chi connectivity index (χ1) is 9.81. The van der Waals surface area contributed by atoms with Crippen LogP contribution in [0, 0.1) is 5.82 Å². The lowest BCUT2D eigenvalue weighted by atomic mass is 9.83. The highest BCUT2D eigenvalue weighted by Gasteiger charge is 2.37. The van der Waals surface area contributed by atoms with Crippen molar-refractivity contribution in [3.05, 3.63) is 35.6 Å². The van der Waals surface area contributed by atoms with Gasteiger partial charge in [-0.05, 0) is 57.9 Å². The molecule has 0 aliphatic carbocycles. The lowest BCUT2D eigenvalue weighted by Gasteiger charge is -2.39. The highest BCUT2D eigenvalue weighted by Crippen LogP contribution is 2.29. The Morgan fingerprint density at radius 3 is 2.76 bits per heavy atom. The Hall–Kier alpha value is -1.62. The molecule has 1 aliphatic heterocycles. The molecule has 2 N–H and O–H groups in total. The molecule has 0 radical (unpaired) electrons. The van der Waals surface area contributed by atoms with Crippen LogP contribution in [-0.2, 0) is 10.3 Å². The summed E-state index contributed by atoms with van der Waals surface area (Å²) in [4.78, 5) is 12.1. The third kappa shape index (κ3) is 4.17. The van der Waals surface area contributed by atoms with E-state index in [1.807, 2.05) is 26.8 Å². The van der Waals surface area contributed by atoms with Crippen LogP contribution in [0.4, 0.5) is 9.18 Å². The van der Waals surface area contributed by atoms with E-state index in [-0.39, 0.29) is 5.82 Å². The number of ether oxygens (including phenoxy) is 1. The molecular weight excluding hydrogens is 271 g/mol. The van der Waals surface area contributed by atoms with Gasteiger partial charge in [0.25, 0.3) is 0 Å². The number of benzene rings is 1. The van der Waals surface area contributed by atoms with Gasteiger partial charge in [-0.2, -0.15) is 0 Å². The SMILES string of the molecule is CC(C)(C)OC(=O)NC1(c2cccc(F)c2)CCCNC1. The van der Waals surface area contributed by atoms with Crippen LogP contribution >= 0.6 is 0 Å². The average molecular weight is 294 g/mol. The van der Waals surface area contributed by atoms with Gasteiger partial charge in [-0.1, -0.05) is 12.1 Å². The second kappa shape index (κ2) is 6.02. The quantitative estimate of drug-likeness (QED) is 0.881. The van der Waals surface area contributed by atoms with Gasteiger partial charge in [-0.3, -0.25) is 0 Å². The Morgan fingerprint density at radius 1 is 1.43 bits per heavy atom. The van der Waals surface area contributed by atoms with Gasteiger partial charge in [0, 0.05) is 6.54 Å². The van der Waals surface area contributed by atoms with Gasteiger partial charge in [0.15, 0.2) is 0 Å². The third-order valence-electron chi connectivity index (χ3n) is 3.50. The topological polar surface area (TPSA) is 50.4 Å². The van der Waals surface area contributed by atoms with Crippen LogP contribution < -0.4 is 10.6 Å². The lowest BCUT2D eigenvalue weighted by Crippen LogP contribution is -2.56. The predicted molar refractivity (Wildman–Crippen MR) is 79.6 cm³/mol. The van der Waals surface area contributed by atoms with Gasteiger partial charge in [0.2, 0.25) is 0 Å². The summed E-state index contributed by atoms with van der Waals surface area (Å²) in [6.07, 6.45) is 1.19. The van der Waals surface area contributed by atoms with Crippen molar-refractivity contribution >= 4 is 6.09 Å². The second-order valence-corrected chi connectivity index (χ2v) is 6.50. The summed E-state index contributed by atoms with van der Waals surface area (Å²) in [5.41, 5.74) is -0.418. The van der Waals surface area contributed by atoms with Gasteiger partial charge < -0.3 is 15.4 Å². The van der Waals surface area contributed by atoms with Crippen LogP contribution in [0.15, 0.2) is 24.3 Å². The Bertz CT molecular complexity index is 505. The molecule has 1 aromatic carbocycles. The number of amides is 1. The average Bonchev–Trinajstić information content (AvgIpc) is 2.37. The summed E-state index contributed by atoms with van der Waals surface area (Å²) in [6, 6.07) is 6.39. The molecule has 0 spiro atoms. The van der Waals surface area contributed by atoms with Crippen LogP contribution in [0.25, 0.3) is 0 Å². The van der Waals surface area contributed by atoms with Gasteiger partial charge in [-0.25, -0.2) is 9.18 Å². The molecule has 0 bridgehead atoms. The minimum atomic E-state index is -0.622. The number of piperidine rings is 1. The Morgan fingerprint density at radius 2 is 2.19 bits per heavy atom. The normalized spacial score (nSPS) is 22.7. The predicted octanol–water partition coefficient (Wildman–Crippen LogP) is 2.93. The van der Waals surface area contributed by atoms with Crippen LogP contribution in [0.5, 0.6) is 0 Å². The van der Waals surface area contributed by atoms with Crippen molar-refractivity contribution in [3.8, 4) is 0 Å². The Balaban J connectivity index is 2.23. The molecule has 1 fully saturated rings. The molecule has 1 atom stereocenters. The fourth-order valence-corrected chi connectivity index (χ4v) is 2.62. The summed E-state index contributed by atoms with van der Waals surface area (Å²) >= 11 is 0. The smallest absolute Gasteiger partial charge is 0.408 e. The summed E-state index contributed by atoms with van der Waals surface area (Å²) < 4.78 is 18.9. The molecular formula is C16H23FN2O2. The van der Waals surface area contributed by atoms with Crippen molar-refractivity contribution < 1.29 is 13.9 Å². The summed E-state index contributed by atoms with van der Waals surface area (Å²) in [5.74, 6) is -0.302. The van der Waals surface area contributed by atoms with E-state index in [0.717, 1.165) is 24.9 Å². The molecule has 1 heterocycles. The fourth-order valence-electron chi connectivity index (χ4n) is 2.62. The summed E-state index contributed by atoms with van der Waals surface area (Å²) in [6.45, 7) is 6.92. The molecule has 5 heteroatoms. The summed E-state index contributed by atoms with van der Waals surface area (Å²) in [7, 11) is 0. The molecule has 4 nitrogen and oxygen atoms in total. The monoisotopic (exact) mass is 294 g/mol. The zero-order valence-corrected chi connectivity index (χ0v) is 12.8. The zero-order valence-electron chi connectivity index (χ0n) is 12.8. The van der Waals surface area contributed by atoms with Crippen LogP contribution in [-0.4, -0.2) is 24.8 Å². The molecule has 1 unspecified atom stereocenters. The minimum absolute atomic E-state index is 0.302. The number of alkyl carbamates (subject to hydrolysis) is 1. The van der Waals surface area contributed by atoms with Crippen molar-refractivity contribution in [2.45, 2.75) is 44.8 Å². The fraction of sp³-hybridized carbons (Fsp3) is 0.562. The number of nitrogens with one attached hydrogen (secondary N) is 2. The van der Waals surface area contributed by atoms with E-state index in [9.17, 15) is 9.18 Å². The molecule has 2 rings (SSSR count). The number of carbonyl (C=O) groups is 1. The lowest BCUT2D eigenvalue weighted by molar-refractivity contribution is 0.0431. The van der Waals surface area contributed by atoms with E-state index in [0.29, 0.717) is 6.54 Å². The first-order valence-corrected chi connectivity index (χ1v) is 7.29. The van der Waals surface area contributed by atoms with Crippen LogP contribution in [0.1, 0.15) is 39.2 Å². The number of rotatable bonds is 2. The van der Waals surface area contributed by atoms with Crippen LogP contribution in [0.2, 0.25) is 0 Å². The van der Waals surface area contributed by atoms with E-state index in [1.54, 1.807) is 6.07 Å².